The fourth-order valence-corrected chi connectivity index (χ4v) is 6.61. The van der Waals surface area contributed by atoms with Crippen molar-refractivity contribution in [2.45, 2.75) is 0 Å². The zero-order valence-corrected chi connectivity index (χ0v) is 23.4. The van der Waals surface area contributed by atoms with Gasteiger partial charge in [0.05, 0.1) is 56.6 Å². The molecule has 44 heavy (non-hydrogen) atoms. The number of nitriles is 3. The molecule has 5 nitrogen and oxygen atoms in total. The third kappa shape index (κ3) is 3.56. The van der Waals surface area contributed by atoms with Crippen LogP contribution < -0.4 is 0 Å². The molecule has 0 spiro atoms. The Labute approximate surface area is 252 Å². The van der Waals surface area contributed by atoms with Crippen molar-refractivity contribution < 1.29 is 0 Å². The molecule has 6 aromatic carbocycles. The summed E-state index contributed by atoms with van der Waals surface area (Å²) in [5.41, 5.74) is 9.54. The number of hydrogen-bond acceptors (Lipinski definition) is 3. The van der Waals surface area contributed by atoms with Gasteiger partial charge in [0.2, 0.25) is 0 Å². The van der Waals surface area contributed by atoms with Crippen LogP contribution in [0.25, 0.3) is 66.1 Å². The normalized spacial score (nSPS) is 11.1. The van der Waals surface area contributed by atoms with Crippen LogP contribution in [0.2, 0.25) is 0 Å². The molecule has 202 valence electrons. The van der Waals surface area contributed by atoms with Gasteiger partial charge in [-0.3, -0.25) is 0 Å². The molecule has 8 rings (SSSR count). The molecule has 0 saturated heterocycles. The predicted molar refractivity (Wildman–Crippen MR) is 175 cm³/mol. The predicted octanol–water partition coefficient (Wildman–Crippen LogP) is 9.16. The second-order valence-electron chi connectivity index (χ2n) is 10.7. The molecule has 2 heterocycles. The molecule has 0 amide bonds. The van der Waals surface area contributed by atoms with Gasteiger partial charge >= 0.3 is 0 Å². The number of fused-ring (bicyclic) bond motifs is 6. The number of para-hydroxylation sites is 3. The monoisotopic (exact) mass is 559 g/mol. The summed E-state index contributed by atoms with van der Waals surface area (Å²) in [4.78, 5) is 0. The van der Waals surface area contributed by atoms with E-state index in [2.05, 4.69) is 75.9 Å². The fourth-order valence-electron chi connectivity index (χ4n) is 6.61. The van der Waals surface area contributed by atoms with Crippen LogP contribution in [0.3, 0.4) is 0 Å². The van der Waals surface area contributed by atoms with E-state index in [1.54, 1.807) is 6.07 Å². The van der Waals surface area contributed by atoms with E-state index in [9.17, 15) is 15.8 Å². The highest BCUT2D eigenvalue weighted by Crippen LogP contribution is 2.43. The molecule has 0 fully saturated rings. The van der Waals surface area contributed by atoms with E-state index in [0.717, 1.165) is 66.1 Å². The Hall–Kier alpha value is -6.61. The Morgan fingerprint density at radius 2 is 1.14 bits per heavy atom. The van der Waals surface area contributed by atoms with Gasteiger partial charge in [-0.1, -0.05) is 66.7 Å². The van der Waals surface area contributed by atoms with Crippen LogP contribution in [0.15, 0.2) is 127 Å². The van der Waals surface area contributed by atoms with Crippen molar-refractivity contribution in [1.82, 2.24) is 9.13 Å². The lowest BCUT2D eigenvalue weighted by Crippen LogP contribution is -1.97. The van der Waals surface area contributed by atoms with Gasteiger partial charge in [-0.25, -0.2) is 0 Å². The highest BCUT2D eigenvalue weighted by atomic mass is 15.0. The molecule has 0 bridgehead atoms. The van der Waals surface area contributed by atoms with Gasteiger partial charge in [0.1, 0.15) is 6.07 Å². The number of rotatable bonds is 3. The van der Waals surface area contributed by atoms with Gasteiger partial charge in [-0.2, -0.15) is 15.8 Å². The van der Waals surface area contributed by atoms with Crippen molar-refractivity contribution in [3.63, 3.8) is 0 Å². The van der Waals surface area contributed by atoms with Gasteiger partial charge in [0.25, 0.3) is 0 Å². The zero-order chi connectivity index (χ0) is 29.8. The molecule has 0 radical (unpaired) electrons. The first-order valence-electron chi connectivity index (χ1n) is 14.2. The molecule has 8 aromatic rings. The largest absolute Gasteiger partial charge is 0.309 e. The Morgan fingerprint density at radius 1 is 0.455 bits per heavy atom. The quantitative estimate of drug-likeness (QED) is 0.216. The SMILES string of the molecule is N#Cc1cccc(-n2c3ccc(C#N)cc3c3cccc(-c4cccc5c4c4ccccc4n5-c4ccccc4C#N)c32)c1. The standard InChI is InChI=1S/C39H21N5/c40-22-25-8-5-10-28(20-25)43-36-19-18-26(23-41)21-33(36)31-14-6-13-30(39(31)43)29-12-7-17-37-38(29)32-11-2-4-16-35(32)44(37)34-15-3-1-9-27(34)24-42/h1-21H. The molecule has 5 heteroatoms. The molecule has 0 aliphatic heterocycles. The van der Waals surface area contributed by atoms with Gasteiger partial charge in [-0.15, -0.1) is 0 Å². The minimum atomic E-state index is 0.574. The summed E-state index contributed by atoms with van der Waals surface area (Å²) in [6.45, 7) is 0. The summed E-state index contributed by atoms with van der Waals surface area (Å²) in [7, 11) is 0. The van der Waals surface area contributed by atoms with E-state index in [0.29, 0.717) is 16.7 Å². The third-order valence-electron chi connectivity index (χ3n) is 8.40. The van der Waals surface area contributed by atoms with Crippen molar-refractivity contribution in [3.8, 4) is 40.7 Å². The van der Waals surface area contributed by atoms with E-state index < -0.39 is 0 Å². The first kappa shape index (κ1) is 25.1. The van der Waals surface area contributed by atoms with Crippen LogP contribution >= 0.6 is 0 Å². The summed E-state index contributed by atoms with van der Waals surface area (Å²) in [5.74, 6) is 0. The van der Waals surface area contributed by atoms with E-state index in [4.69, 9.17) is 0 Å². The Kier molecular flexibility index (Phi) is 5.56. The maximum absolute atomic E-state index is 9.99. The van der Waals surface area contributed by atoms with Crippen molar-refractivity contribution in [2.24, 2.45) is 0 Å². The number of hydrogen-bond donors (Lipinski definition) is 0. The summed E-state index contributed by atoms with van der Waals surface area (Å²) in [6.07, 6.45) is 0. The maximum Gasteiger partial charge on any atom is 0.101 e. The van der Waals surface area contributed by atoms with E-state index in [1.165, 1.54) is 0 Å². The summed E-state index contributed by atoms with van der Waals surface area (Å²) >= 11 is 0. The van der Waals surface area contributed by atoms with Gasteiger partial charge < -0.3 is 9.13 Å². The number of nitrogens with zero attached hydrogens (tertiary/aromatic N) is 5. The smallest absolute Gasteiger partial charge is 0.101 e. The summed E-state index contributed by atoms with van der Waals surface area (Å²) in [5, 5.41) is 33.6. The zero-order valence-electron chi connectivity index (χ0n) is 23.4. The van der Waals surface area contributed by atoms with Crippen molar-refractivity contribution >= 4 is 43.6 Å². The lowest BCUT2D eigenvalue weighted by Gasteiger charge is -2.13. The van der Waals surface area contributed by atoms with Crippen LogP contribution in [0, 0.1) is 34.0 Å². The van der Waals surface area contributed by atoms with Crippen LogP contribution in [-0.2, 0) is 0 Å². The average Bonchev–Trinajstić information content (AvgIpc) is 3.61. The minimum Gasteiger partial charge on any atom is -0.309 e. The molecular weight excluding hydrogens is 538 g/mol. The van der Waals surface area contributed by atoms with Gasteiger partial charge in [-0.05, 0) is 66.2 Å². The molecule has 0 atom stereocenters. The third-order valence-corrected chi connectivity index (χ3v) is 8.40. The van der Waals surface area contributed by atoms with Crippen LogP contribution in [0.1, 0.15) is 16.7 Å². The van der Waals surface area contributed by atoms with Crippen molar-refractivity contribution in [2.75, 3.05) is 0 Å². The lowest BCUT2D eigenvalue weighted by molar-refractivity contribution is 1.17. The lowest BCUT2D eigenvalue weighted by atomic mass is 9.97. The van der Waals surface area contributed by atoms with Gasteiger partial charge in [0.15, 0.2) is 0 Å². The Morgan fingerprint density at radius 3 is 2.00 bits per heavy atom. The second kappa shape index (κ2) is 9.74. The first-order chi connectivity index (χ1) is 21.7. The van der Waals surface area contributed by atoms with E-state index in [-0.39, 0.29) is 0 Å². The Bertz CT molecular complexity index is 2600. The average molecular weight is 560 g/mol. The second-order valence-corrected chi connectivity index (χ2v) is 10.7. The Balaban J connectivity index is 1.54. The molecule has 0 saturated carbocycles. The van der Waals surface area contributed by atoms with Crippen molar-refractivity contribution in [3.05, 3.63) is 144 Å². The molecule has 0 aliphatic rings. The fraction of sp³-hybridized carbons (Fsp3) is 0. The van der Waals surface area contributed by atoms with Gasteiger partial charge in [0, 0.05) is 32.8 Å². The highest BCUT2D eigenvalue weighted by Gasteiger charge is 2.21. The highest BCUT2D eigenvalue weighted by molar-refractivity contribution is 6.20. The molecule has 0 N–H and O–H groups in total. The number of aromatic nitrogens is 2. The summed E-state index contributed by atoms with van der Waals surface area (Å²) < 4.78 is 4.38. The first-order valence-corrected chi connectivity index (χ1v) is 14.2. The summed E-state index contributed by atoms with van der Waals surface area (Å²) in [6, 6.07) is 49.0. The van der Waals surface area contributed by atoms with Crippen LogP contribution in [0.4, 0.5) is 0 Å². The van der Waals surface area contributed by atoms with E-state index in [1.807, 2.05) is 72.8 Å². The minimum absolute atomic E-state index is 0.574. The van der Waals surface area contributed by atoms with E-state index >= 15 is 0 Å². The molecule has 0 unspecified atom stereocenters. The van der Waals surface area contributed by atoms with Crippen LogP contribution in [0.5, 0.6) is 0 Å². The number of benzene rings is 6. The molecule has 2 aromatic heterocycles. The van der Waals surface area contributed by atoms with Crippen molar-refractivity contribution in [1.29, 1.82) is 15.8 Å². The molecular formula is C39H21N5. The van der Waals surface area contributed by atoms with Crippen LogP contribution in [-0.4, -0.2) is 9.13 Å². The maximum atomic E-state index is 9.99. The molecule has 0 aliphatic carbocycles. The topological polar surface area (TPSA) is 81.2 Å².